The zero-order valence-corrected chi connectivity index (χ0v) is 19.4. The van der Waals surface area contributed by atoms with E-state index in [0.717, 1.165) is 16.0 Å². The van der Waals surface area contributed by atoms with E-state index in [4.69, 9.17) is 9.47 Å². The van der Waals surface area contributed by atoms with Crippen molar-refractivity contribution in [1.29, 1.82) is 0 Å². The van der Waals surface area contributed by atoms with Crippen molar-refractivity contribution >= 4 is 35.3 Å². The van der Waals surface area contributed by atoms with Crippen LogP contribution in [0.1, 0.15) is 16.7 Å². The number of methoxy groups -OCH3 is 1. The second-order valence-electron chi connectivity index (χ2n) is 7.92. The lowest BCUT2D eigenvalue weighted by atomic mass is 10.1. The molecule has 0 aromatic heterocycles. The zero-order valence-electron chi connectivity index (χ0n) is 19.4. The van der Waals surface area contributed by atoms with E-state index < -0.39 is 22.8 Å². The molecule has 4 rings (SSSR count). The van der Waals surface area contributed by atoms with Crippen molar-refractivity contribution < 1.29 is 28.8 Å². The van der Waals surface area contributed by atoms with Gasteiger partial charge in [0.15, 0.2) is 11.5 Å². The van der Waals surface area contributed by atoms with Gasteiger partial charge in [0, 0.05) is 12.1 Å². The van der Waals surface area contributed by atoms with Crippen LogP contribution in [-0.2, 0) is 16.2 Å². The van der Waals surface area contributed by atoms with Crippen LogP contribution in [-0.4, -0.2) is 29.9 Å². The highest BCUT2D eigenvalue weighted by molar-refractivity contribution is 6.39. The van der Waals surface area contributed by atoms with Crippen molar-refractivity contribution in [3.63, 3.8) is 0 Å². The molecule has 0 aliphatic carbocycles. The van der Waals surface area contributed by atoms with Crippen LogP contribution in [0, 0.1) is 17.0 Å². The number of carbonyl (C=O) groups excluding carboxylic acids is 3. The SMILES string of the molecule is COc1cc(/C=C2\C(=O)NC(=O)N(c3ccc(C)cc3)C2=O)ccc1OCc1ccc([N+](=O)[O-])cc1. The van der Waals surface area contributed by atoms with Crippen LogP contribution >= 0.6 is 0 Å². The Morgan fingerprint density at radius 3 is 2.31 bits per heavy atom. The molecule has 3 aromatic carbocycles. The molecule has 1 saturated heterocycles. The smallest absolute Gasteiger partial charge is 0.335 e. The number of nitrogens with one attached hydrogen (secondary N) is 1. The lowest BCUT2D eigenvalue weighted by Gasteiger charge is -2.26. The van der Waals surface area contributed by atoms with Gasteiger partial charge in [-0.05, 0) is 60.5 Å². The molecule has 10 heteroatoms. The van der Waals surface area contributed by atoms with Gasteiger partial charge in [-0.1, -0.05) is 23.8 Å². The van der Waals surface area contributed by atoms with Crippen LogP contribution in [0.4, 0.5) is 16.2 Å². The van der Waals surface area contributed by atoms with E-state index in [0.29, 0.717) is 22.7 Å². The van der Waals surface area contributed by atoms with Gasteiger partial charge in [-0.2, -0.15) is 0 Å². The molecule has 1 heterocycles. The minimum atomic E-state index is -0.821. The molecule has 0 unspecified atom stereocenters. The highest BCUT2D eigenvalue weighted by Crippen LogP contribution is 2.31. The fourth-order valence-electron chi connectivity index (χ4n) is 3.52. The van der Waals surface area contributed by atoms with Gasteiger partial charge in [-0.25, -0.2) is 9.69 Å². The van der Waals surface area contributed by atoms with Gasteiger partial charge in [0.2, 0.25) is 0 Å². The van der Waals surface area contributed by atoms with Gasteiger partial charge in [-0.15, -0.1) is 0 Å². The number of hydrogen-bond donors (Lipinski definition) is 1. The lowest BCUT2D eigenvalue weighted by molar-refractivity contribution is -0.384. The van der Waals surface area contributed by atoms with Gasteiger partial charge in [-0.3, -0.25) is 25.0 Å². The van der Waals surface area contributed by atoms with Crippen LogP contribution in [0.15, 0.2) is 72.3 Å². The van der Waals surface area contributed by atoms with Crippen LogP contribution in [0.2, 0.25) is 0 Å². The summed E-state index contributed by atoms with van der Waals surface area (Å²) in [5, 5.41) is 13.0. The summed E-state index contributed by atoms with van der Waals surface area (Å²) in [5.74, 6) is -0.800. The van der Waals surface area contributed by atoms with Crippen molar-refractivity contribution in [1.82, 2.24) is 5.32 Å². The number of nitro benzene ring substituents is 1. The predicted molar refractivity (Wildman–Crippen MR) is 131 cm³/mol. The minimum Gasteiger partial charge on any atom is -0.493 e. The molecule has 36 heavy (non-hydrogen) atoms. The Kier molecular flexibility index (Phi) is 6.77. The van der Waals surface area contributed by atoms with Crippen molar-refractivity contribution in [2.45, 2.75) is 13.5 Å². The summed E-state index contributed by atoms with van der Waals surface area (Å²) in [4.78, 5) is 49.1. The number of nitro groups is 1. The summed E-state index contributed by atoms with van der Waals surface area (Å²) in [6.45, 7) is 2.02. The number of benzene rings is 3. The molecule has 1 aliphatic heterocycles. The fourth-order valence-corrected chi connectivity index (χ4v) is 3.52. The standard InChI is InChI=1S/C26H21N3O7/c1-16-3-8-19(9-4-16)28-25(31)21(24(30)27-26(28)32)13-18-7-12-22(23(14-18)35-2)36-15-17-5-10-20(11-6-17)29(33)34/h3-14H,15H2,1-2H3,(H,27,30,32)/b21-13+. The van der Waals surface area contributed by atoms with Crippen LogP contribution in [0.5, 0.6) is 11.5 Å². The van der Waals surface area contributed by atoms with Gasteiger partial charge in [0.05, 0.1) is 17.7 Å². The third-order valence-electron chi connectivity index (χ3n) is 5.43. The second-order valence-corrected chi connectivity index (χ2v) is 7.92. The molecule has 10 nitrogen and oxygen atoms in total. The Morgan fingerprint density at radius 1 is 0.972 bits per heavy atom. The lowest BCUT2D eigenvalue weighted by Crippen LogP contribution is -2.54. The fraction of sp³-hybridized carbons (Fsp3) is 0.115. The van der Waals surface area contributed by atoms with E-state index in [9.17, 15) is 24.5 Å². The van der Waals surface area contributed by atoms with Gasteiger partial charge < -0.3 is 9.47 Å². The van der Waals surface area contributed by atoms with E-state index >= 15 is 0 Å². The third-order valence-corrected chi connectivity index (χ3v) is 5.43. The summed E-state index contributed by atoms with van der Waals surface area (Å²) >= 11 is 0. The summed E-state index contributed by atoms with van der Waals surface area (Å²) in [6, 6.07) is 16.8. The topological polar surface area (TPSA) is 128 Å². The number of ether oxygens (including phenoxy) is 2. The van der Waals surface area contributed by atoms with E-state index in [1.807, 2.05) is 6.92 Å². The number of aryl methyl sites for hydroxylation is 1. The predicted octanol–water partition coefficient (Wildman–Crippen LogP) is 4.16. The van der Waals surface area contributed by atoms with E-state index in [-0.39, 0.29) is 17.9 Å². The maximum Gasteiger partial charge on any atom is 0.335 e. The first-order chi connectivity index (χ1) is 17.3. The number of anilines is 1. The normalized spacial score (nSPS) is 14.6. The number of imide groups is 2. The summed E-state index contributed by atoms with van der Waals surface area (Å²) in [7, 11) is 1.45. The quantitative estimate of drug-likeness (QED) is 0.229. The van der Waals surface area contributed by atoms with Crippen LogP contribution in [0.3, 0.4) is 0 Å². The first kappa shape index (κ1) is 24.1. The highest BCUT2D eigenvalue weighted by atomic mass is 16.6. The summed E-state index contributed by atoms with van der Waals surface area (Å²) in [5.41, 5.74) is 2.27. The van der Waals surface area contributed by atoms with Crippen molar-refractivity contribution in [3.05, 3.63) is 99.1 Å². The number of urea groups is 1. The molecule has 1 fully saturated rings. The maximum atomic E-state index is 13.1. The number of non-ortho nitro benzene ring substituents is 1. The number of nitrogens with zero attached hydrogens (tertiary/aromatic N) is 2. The molecule has 182 valence electrons. The molecule has 3 aromatic rings. The molecule has 0 spiro atoms. The van der Waals surface area contributed by atoms with Gasteiger partial charge in [0.25, 0.3) is 17.5 Å². The molecular weight excluding hydrogens is 466 g/mol. The Bertz CT molecular complexity index is 1380. The monoisotopic (exact) mass is 487 g/mol. The molecule has 0 saturated carbocycles. The van der Waals surface area contributed by atoms with Crippen molar-refractivity contribution in [2.24, 2.45) is 0 Å². The van der Waals surface area contributed by atoms with Gasteiger partial charge >= 0.3 is 6.03 Å². The maximum absolute atomic E-state index is 13.1. The highest BCUT2D eigenvalue weighted by Gasteiger charge is 2.36. The second kappa shape index (κ2) is 10.1. The van der Waals surface area contributed by atoms with E-state index in [1.165, 1.54) is 25.3 Å². The largest absolute Gasteiger partial charge is 0.493 e. The van der Waals surface area contributed by atoms with Crippen LogP contribution < -0.4 is 19.7 Å². The number of carbonyl (C=O) groups is 3. The Hall–Kier alpha value is -4.99. The molecule has 1 N–H and O–H groups in total. The third kappa shape index (κ3) is 5.07. The van der Waals surface area contributed by atoms with Crippen LogP contribution in [0.25, 0.3) is 6.08 Å². The van der Waals surface area contributed by atoms with Crippen molar-refractivity contribution in [3.8, 4) is 11.5 Å². The van der Waals surface area contributed by atoms with Gasteiger partial charge in [0.1, 0.15) is 12.2 Å². The average Bonchev–Trinajstić information content (AvgIpc) is 2.86. The first-order valence-corrected chi connectivity index (χ1v) is 10.8. The molecule has 4 amide bonds. The number of amides is 4. The summed E-state index contributed by atoms with van der Waals surface area (Å²) in [6.07, 6.45) is 1.37. The average molecular weight is 487 g/mol. The van der Waals surface area contributed by atoms with Crippen molar-refractivity contribution in [2.75, 3.05) is 12.0 Å². The number of barbiturate groups is 1. The Morgan fingerprint density at radius 2 is 1.67 bits per heavy atom. The minimum absolute atomic E-state index is 0.0161. The molecule has 0 atom stereocenters. The number of rotatable bonds is 7. The summed E-state index contributed by atoms with van der Waals surface area (Å²) < 4.78 is 11.2. The molecule has 0 radical (unpaired) electrons. The molecule has 1 aliphatic rings. The van der Waals surface area contributed by atoms with E-state index in [1.54, 1.807) is 54.6 Å². The first-order valence-electron chi connectivity index (χ1n) is 10.8. The molecular formula is C26H21N3O7. The molecule has 0 bridgehead atoms. The van der Waals surface area contributed by atoms with E-state index in [2.05, 4.69) is 5.32 Å². The number of hydrogen-bond acceptors (Lipinski definition) is 7. The Labute approximate surface area is 205 Å². The Balaban J connectivity index is 1.55. The zero-order chi connectivity index (χ0) is 25.8.